The number of carboxylic acid groups (broad SMARTS) is 1. The van der Waals surface area contributed by atoms with Gasteiger partial charge in [0, 0.05) is 18.9 Å². The molecule has 1 amide bonds. The summed E-state index contributed by atoms with van der Waals surface area (Å²) in [6.45, 7) is 4.88. The molecule has 2 aliphatic carbocycles. The molecule has 0 radical (unpaired) electrons. The Labute approximate surface area is 239 Å². The topological polar surface area (TPSA) is 105 Å². The molecule has 1 N–H and O–H groups in total. The van der Waals surface area contributed by atoms with E-state index in [4.69, 9.17) is 23.2 Å². The molecule has 0 saturated heterocycles. The van der Waals surface area contributed by atoms with Gasteiger partial charge in [-0.15, -0.1) is 0 Å². The van der Waals surface area contributed by atoms with Gasteiger partial charge in [0.2, 0.25) is 0 Å². The van der Waals surface area contributed by atoms with Gasteiger partial charge in [-0.25, -0.2) is 0 Å². The molecule has 0 aliphatic heterocycles. The Bertz CT molecular complexity index is 1300. The monoisotopic (exact) mass is 602 g/mol. The van der Waals surface area contributed by atoms with Crippen LogP contribution in [0, 0.1) is 16.7 Å². The van der Waals surface area contributed by atoms with E-state index in [0.717, 1.165) is 35.0 Å². The maximum atomic E-state index is 14.5. The average molecular weight is 603 g/mol. The van der Waals surface area contributed by atoms with E-state index in [1.54, 1.807) is 13.8 Å². The standard InChI is InChI=1S/C27H31Cl2F3N4O4/c1-25(2)9-15(5-6-17(25)24(39)40)36-22(27(30,31)32)16(10-34-36)23(38)35(14-26(3)7-4-8-26)13-20(37)21-18(28)11-33-12-19(21)29/h10-12,15,17H,4-9,13-14H2,1-3H3,(H,39,40)/t15-,17+/m0/s1. The van der Waals surface area contributed by atoms with Gasteiger partial charge in [0.05, 0.1) is 45.9 Å². The molecule has 4 rings (SSSR count). The Morgan fingerprint density at radius 2 is 1.73 bits per heavy atom. The van der Waals surface area contributed by atoms with E-state index in [2.05, 4.69) is 10.1 Å². The third-order valence-corrected chi connectivity index (χ3v) is 8.89. The van der Waals surface area contributed by atoms with Gasteiger partial charge in [-0.1, -0.05) is 50.4 Å². The first kappa shape index (κ1) is 30.3. The summed E-state index contributed by atoms with van der Waals surface area (Å²) in [4.78, 5) is 43.7. The normalized spacial score (nSPS) is 21.9. The van der Waals surface area contributed by atoms with Crippen molar-refractivity contribution < 1.29 is 32.7 Å². The molecule has 0 spiro atoms. The van der Waals surface area contributed by atoms with E-state index in [-0.39, 0.29) is 46.8 Å². The first-order valence-electron chi connectivity index (χ1n) is 13.0. The van der Waals surface area contributed by atoms with E-state index in [9.17, 15) is 32.7 Å². The SMILES string of the molecule is CC1(CN(CC(=O)c2c(Cl)cncc2Cl)C(=O)c2cnn([C@H]3CC[C@H](C(=O)O)C(C)(C)C3)c2C(F)(F)F)CCC1. The van der Waals surface area contributed by atoms with Gasteiger partial charge in [-0.2, -0.15) is 18.3 Å². The predicted molar refractivity (Wildman–Crippen MR) is 141 cm³/mol. The van der Waals surface area contributed by atoms with Crippen LogP contribution in [0.3, 0.4) is 0 Å². The van der Waals surface area contributed by atoms with E-state index < -0.39 is 59.0 Å². The number of ketones is 1. The number of carbonyl (C=O) groups is 3. The smallest absolute Gasteiger partial charge is 0.433 e. The van der Waals surface area contributed by atoms with Crippen LogP contribution in [0.25, 0.3) is 0 Å². The second-order valence-corrected chi connectivity index (χ2v) is 12.7. The minimum atomic E-state index is -4.93. The second-order valence-electron chi connectivity index (χ2n) is 11.9. The lowest BCUT2D eigenvalue weighted by Crippen LogP contribution is -2.46. The second kappa shape index (κ2) is 11.0. The lowest BCUT2D eigenvalue weighted by molar-refractivity contribution is -0.151. The molecule has 8 nitrogen and oxygen atoms in total. The zero-order valence-electron chi connectivity index (χ0n) is 22.4. The molecule has 2 aliphatic rings. The molecule has 2 saturated carbocycles. The van der Waals surface area contributed by atoms with Crippen molar-refractivity contribution in [3.8, 4) is 0 Å². The Morgan fingerprint density at radius 3 is 2.23 bits per heavy atom. The van der Waals surface area contributed by atoms with E-state index in [1.807, 2.05) is 6.92 Å². The van der Waals surface area contributed by atoms with Crippen LogP contribution in [0.5, 0.6) is 0 Å². The van der Waals surface area contributed by atoms with Crippen LogP contribution < -0.4 is 0 Å². The van der Waals surface area contributed by atoms with Crippen LogP contribution in [-0.4, -0.2) is 55.5 Å². The molecule has 2 fully saturated rings. The number of alkyl halides is 3. The highest BCUT2D eigenvalue weighted by Gasteiger charge is 2.47. The lowest BCUT2D eigenvalue weighted by Gasteiger charge is -2.42. The average Bonchev–Trinajstić information content (AvgIpc) is 3.27. The van der Waals surface area contributed by atoms with Crippen molar-refractivity contribution >= 4 is 40.9 Å². The van der Waals surface area contributed by atoms with Gasteiger partial charge in [0.15, 0.2) is 11.5 Å². The third kappa shape index (κ3) is 6.00. The van der Waals surface area contributed by atoms with E-state index in [1.165, 1.54) is 12.4 Å². The van der Waals surface area contributed by atoms with Crippen molar-refractivity contribution in [1.29, 1.82) is 0 Å². The Balaban J connectivity index is 1.70. The summed E-state index contributed by atoms with van der Waals surface area (Å²) < 4.78 is 44.4. The van der Waals surface area contributed by atoms with Gasteiger partial charge >= 0.3 is 12.1 Å². The number of amides is 1. The van der Waals surface area contributed by atoms with Crippen molar-refractivity contribution in [2.24, 2.45) is 16.7 Å². The van der Waals surface area contributed by atoms with Gasteiger partial charge in [-0.3, -0.25) is 24.0 Å². The summed E-state index contributed by atoms with van der Waals surface area (Å²) in [7, 11) is 0. The molecular weight excluding hydrogens is 572 g/mol. The molecule has 218 valence electrons. The fraction of sp³-hybridized carbons (Fsp3) is 0.593. The maximum absolute atomic E-state index is 14.5. The predicted octanol–water partition coefficient (Wildman–Crippen LogP) is 6.57. The number of hydrogen-bond donors (Lipinski definition) is 1. The first-order chi connectivity index (χ1) is 18.5. The summed E-state index contributed by atoms with van der Waals surface area (Å²) in [5.74, 6) is -3.29. The minimum Gasteiger partial charge on any atom is -0.481 e. The molecular formula is C27H31Cl2F3N4O4. The van der Waals surface area contributed by atoms with Crippen LogP contribution in [0.1, 0.15) is 91.7 Å². The summed E-state index contributed by atoms with van der Waals surface area (Å²) in [6.07, 6.45) is 1.34. The fourth-order valence-electron chi connectivity index (χ4n) is 6.05. The van der Waals surface area contributed by atoms with Gasteiger partial charge in [0.25, 0.3) is 5.91 Å². The molecule has 13 heteroatoms. The van der Waals surface area contributed by atoms with Crippen molar-refractivity contribution in [3.63, 3.8) is 0 Å². The number of pyridine rings is 1. The number of nitrogens with zero attached hydrogens (tertiary/aromatic N) is 4. The quantitative estimate of drug-likeness (QED) is 0.342. The lowest BCUT2D eigenvalue weighted by atomic mass is 9.67. The Kier molecular flexibility index (Phi) is 8.31. The number of aromatic nitrogens is 3. The molecule has 2 heterocycles. The summed E-state index contributed by atoms with van der Waals surface area (Å²) in [5, 5.41) is 13.5. The highest BCUT2D eigenvalue weighted by molar-refractivity contribution is 6.39. The summed E-state index contributed by atoms with van der Waals surface area (Å²) in [6, 6.07) is -0.752. The molecule has 2 aromatic rings. The number of aliphatic carboxylic acids is 1. The fourth-order valence-corrected chi connectivity index (χ4v) is 6.62. The Morgan fingerprint density at radius 1 is 1.10 bits per heavy atom. The zero-order chi connectivity index (χ0) is 29.6. The van der Waals surface area contributed by atoms with E-state index >= 15 is 0 Å². The zero-order valence-corrected chi connectivity index (χ0v) is 23.9. The van der Waals surface area contributed by atoms with Crippen LogP contribution >= 0.6 is 23.2 Å². The van der Waals surface area contributed by atoms with Crippen molar-refractivity contribution in [3.05, 3.63) is 45.5 Å². The van der Waals surface area contributed by atoms with Crippen molar-refractivity contribution in [2.75, 3.05) is 13.1 Å². The Hall–Kier alpha value is -2.66. The minimum absolute atomic E-state index is 0.0249. The molecule has 0 bridgehead atoms. The van der Waals surface area contributed by atoms with Gasteiger partial charge in [0.1, 0.15) is 0 Å². The first-order valence-corrected chi connectivity index (χ1v) is 13.8. The van der Waals surface area contributed by atoms with E-state index in [0.29, 0.717) is 0 Å². The van der Waals surface area contributed by atoms with Crippen LogP contribution in [0.2, 0.25) is 10.0 Å². The highest BCUT2D eigenvalue weighted by atomic mass is 35.5. The van der Waals surface area contributed by atoms with Crippen molar-refractivity contribution in [1.82, 2.24) is 19.7 Å². The summed E-state index contributed by atoms with van der Waals surface area (Å²) in [5.41, 5.74) is -3.06. The molecule has 40 heavy (non-hydrogen) atoms. The van der Waals surface area contributed by atoms with Crippen LogP contribution in [-0.2, 0) is 11.0 Å². The molecule has 0 unspecified atom stereocenters. The number of hydrogen-bond acceptors (Lipinski definition) is 5. The molecule has 0 aromatic carbocycles. The number of rotatable bonds is 8. The molecule has 2 atom stereocenters. The number of Topliss-reactive ketones (excluding diaryl/α,β-unsaturated/α-hetero) is 1. The largest absolute Gasteiger partial charge is 0.481 e. The number of carbonyl (C=O) groups excluding carboxylic acids is 2. The highest BCUT2D eigenvalue weighted by Crippen LogP contribution is 2.47. The van der Waals surface area contributed by atoms with Crippen LogP contribution in [0.4, 0.5) is 13.2 Å². The number of carboxylic acids is 1. The third-order valence-electron chi connectivity index (χ3n) is 8.32. The van der Waals surface area contributed by atoms with Gasteiger partial charge in [-0.05, 0) is 42.9 Å². The summed E-state index contributed by atoms with van der Waals surface area (Å²) >= 11 is 12.3. The number of halogens is 5. The molecule has 2 aromatic heterocycles. The van der Waals surface area contributed by atoms with Gasteiger partial charge < -0.3 is 10.0 Å². The maximum Gasteiger partial charge on any atom is 0.433 e. The van der Waals surface area contributed by atoms with Crippen LogP contribution in [0.15, 0.2) is 18.6 Å². The van der Waals surface area contributed by atoms with Crippen molar-refractivity contribution in [2.45, 2.75) is 71.5 Å².